The van der Waals surface area contributed by atoms with E-state index < -0.39 is 0 Å². The van der Waals surface area contributed by atoms with Gasteiger partial charge in [0.2, 0.25) is 11.0 Å². The molecule has 1 N–H and O–H groups in total. The first-order valence-corrected chi connectivity index (χ1v) is 6.74. The summed E-state index contributed by atoms with van der Waals surface area (Å²) in [5.74, 6) is -0.474. The normalized spacial score (nSPS) is 10.7. The predicted octanol–water partition coefficient (Wildman–Crippen LogP) is 2.86. The number of rotatable bonds is 4. The average molecular weight is 279 g/mol. The van der Waals surface area contributed by atoms with E-state index in [9.17, 15) is 9.18 Å². The summed E-state index contributed by atoms with van der Waals surface area (Å²) < 4.78 is 13.5. The van der Waals surface area contributed by atoms with Gasteiger partial charge in [0.1, 0.15) is 10.8 Å². The van der Waals surface area contributed by atoms with Gasteiger partial charge < -0.3 is 5.32 Å². The molecule has 0 fully saturated rings. The van der Waals surface area contributed by atoms with Crippen LogP contribution in [0.3, 0.4) is 0 Å². The minimum absolute atomic E-state index is 0.103. The van der Waals surface area contributed by atoms with Crippen LogP contribution in [0.5, 0.6) is 0 Å². The SMILES string of the molecule is CC(C)C(=O)Nc1nnc(Cc2ccccc2F)s1. The Morgan fingerprint density at radius 1 is 1.37 bits per heavy atom. The van der Waals surface area contributed by atoms with Crippen LogP contribution in [0.25, 0.3) is 0 Å². The highest BCUT2D eigenvalue weighted by molar-refractivity contribution is 7.15. The predicted molar refractivity (Wildman–Crippen MR) is 72.6 cm³/mol. The molecule has 1 aromatic carbocycles. The number of hydrogen-bond acceptors (Lipinski definition) is 4. The van der Waals surface area contributed by atoms with Crippen molar-refractivity contribution in [3.8, 4) is 0 Å². The molecule has 0 saturated carbocycles. The van der Waals surface area contributed by atoms with Crippen LogP contribution < -0.4 is 5.32 Å². The van der Waals surface area contributed by atoms with Gasteiger partial charge in [-0.05, 0) is 11.6 Å². The van der Waals surface area contributed by atoms with E-state index in [-0.39, 0.29) is 17.6 Å². The van der Waals surface area contributed by atoms with E-state index >= 15 is 0 Å². The zero-order valence-electron chi connectivity index (χ0n) is 10.7. The second-order valence-electron chi connectivity index (χ2n) is 4.41. The van der Waals surface area contributed by atoms with Gasteiger partial charge in [-0.3, -0.25) is 4.79 Å². The largest absolute Gasteiger partial charge is 0.300 e. The van der Waals surface area contributed by atoms with Gasteiger partial charge in [0, 0.05) is 12.3 Å². The molecular formula is C13H14FN3OS. The minimum Gasteiger partial charge on any atom is -0.300 e. The molecule has 100 valence electrons. The van der Waals surface area contributed by atoms with Crippen LogP contribution >= 0.6 is 11.3 Å². The Balaban J connectivity index is 2.06. The molecule has 0 atom stereocenters. The Morgan fingerprint density at radius 2 is 2.11 bits per heavy atom. The zero-order chi connectivity index (χ0) is 13.8. The highest BCUT2D eigenvalue weighted by Gasteiger charge is 2.12. The molecule has 1 amide bonds. The third-order valence-electron chi connectivity index (χ3n) is 2.52. The van der Waals surface area contributed by atoms with Crippen molar-refractivity contribution in [3.05, 3.63) is 40.7 Å². The van der Waals surface area contributed by atoms with E-state index in [1.807, 2.05) is 0 Å². The summed E-state index contributed by atoms with van der Waals surface area (Å²) in [6.07, 6.45) is 0.377. The van der Waals surface area contributed by atoms with Crippen molar-refractivity contribution in [1.29, 1.82) is 0 Å². The molecule has 4 nitrogen and oxygen atoms in total. The molecule has 19 heavy (non-hydrogen) atoms. The van der Waals surface area contributed by atoms with Crippen molar-refractivity contribution in [1.82, 2.24) is 10.2 Å². The molecule has 2 aromatic rings. The number of aromatic nitrogens is 2. The maximum atomic E-state index is 13.5. The average Bonchev–Trinajstić information content (AvgIpc) is 2.79. The number of anilines is 1. The molecule has 0 aliphatic carbocycles. The fourth-order valence-electron chi connectivity index (χ4n) is 1.43. The fraction of sp³-hybridized carbons (Fsp3) is 0.308. The Hall–Kier alpha value is -1.82. The van der Waals surface area contributed by atoms with Crippen LogP contribution in [0.4, 0.5) is 9.52 Å². The lowest BCUT2D eigenvalue weighted by molar-refractivity contribution is -0.118. The lowest BCUT2D eigenvalue weighted by Gasteiger charge is -2.02. The molecule has 0 unspecified atom stereocenters. The lowest BCUT2D eigenvalue weighted by atomic mass is 10.1. The monoisotopic (exact) mass is 279 g/mol. The molecule has 0 radical (unpaired) electrons. The smallest absolute Gasteiger partial charge is 0.228 e. The van der Waals surface area contributed by atoms with Crippen molar-refractivity contribution in [2.24, 2.45) is 5.92 Å². The van der Waals surface area contributed by atoms with Crippen LogP contribution in [-0.4, -0.2) is 16.1 Å². The summed E-state index contributed by atoms with van der Waals surface area (Å²) in [6.45, 7) is 3.60. The first kappa shape index (κ1) is 13.6. The summed E-state index contributed by atoms with van der Waals surface area (Å²) in [5, 5.41) is 11.6. The standard InChI is InChI=1S/C13H14FN3OS/c1-8(2)12(18)15-13-17-16-11(19-13)7-9-5-3-4-6-10(9)14/h3-6,8H,7H2,1-2H3,(H,15,17,18). The Morgan fingerprint density at radius 3 is 2.79 bits per heavy atom. The van der Waals surface area contributed by atoms with Gasteiger partial charge in [0.15, 0.2) is 0 Å². The fourth-order valence-corrected chi connectivity index (χ4v) is 2.20. The molecule has 2 rings (SSSR count). The molecule has 0 bridgehead atoms. The van der Waals surface area contributed by atoms with Gasteiger partial charge in [-0.15, -0.1) is 10.2 Å². The van der Waals surface area contributed by atoms with E-state index in [0.717, 1.165) is 0 Å². The summed E-state index contributed by atoms with van der Waals surface area (Å²) in [5.41, 5.74) is 0.570. The maximum Gasteiger partial charge on any atom is 0.228 e. The van der Waals surface area contributed by atoms with Crippen LogP contribution in [0, 0.1) is 11.7 Å². The van der Waals surface area contributed by atoms with Crippen molar-refractivity contribution in [3.63, 3.8) is 0 Å². The zero-order valence-corrected chi connectivity index (χ0v) is 11.5. The first-order chi connectivity index (χ1) is 9.06. The minimum atomic E-state index is -0.259. The van der Waals surface area contributed by atoms with Gasteiger partial charge in [-0.2, -0.15) is 0 Å². The highest BCUT2D eigenvalue weighted by atomic mass is 32.1. The van der Waals surface area contributed by atoms with E-state index in [0.29, 0.717) is 22.1 Å². The molecule has 0 aliphatic rings. The number of carbonyl (C=O) groups excluding carboxylic acids is 1. The van der Waals surface area contributed by atoms with Gasteiger partial charge in [-0.25, -0.2) is 4.39 Å². The quantitative estimate of drug-likeness (QED) is 0.936. The third-order valence-corrected chi connectivity index (χ3v) is 3.36. The van der Waals surface area contributed by atoms with Crippen LogP contribution in [0.15, 0.2) is 24.3 Å². The van der Waals surface area contributed by atoms with Crippen LogP contribution in [-0.2, 0) is 11.2 Å². The second-order valence-corrected chi connectivity index (χ2v) is 5.48. The Bertz CT molecular complexity index is 583. The second kappa shape index (κ2) is 5.88. The van der Waals surface area contributed by atoms with E-state index in [1.165, 1.54) is 17.4 Å². The van der Waals surface area contributed by atoms with E-state index in [1.54, 1.807) is 32.0 Å². The summed E-state index contributed by atoms with van der Waals surface area (Å²) in [6, 6.07) is 6.55. The number of halogens is 1. The lowest BCUT2D eigenvalue weighted by Crippen LogP contribution is -2.17. The van der Waals surface area contributed by atoms with Crippen molar-refractivity contribution in [2.75, 3.05) is 5.32 Å². The number of hydrogen-bond donors (Lipinski definition) is 1. The molecule has 0 aliphatic heterocycles. The summed E-state index contributed by atoms with van der Waals surface area (Å²) in [7, 11) is 0. The van der Waals surface area contributed by atoms with Crippen LogP contribution in [0.2, 0.25) is 0 Å². The van der Waals surface area contributed by atoms with Crippen molar-refractivity contribution in [2.45, 2.75) is 20.3 Å². The third kappa shape index (κ3) is 3.57. The first-order valence-electron chi connectivity index (χ1n) is 5.93. The molecule has 0 spiro atoms. The number of carbonyl (C=O) groups is 1. The van der Waals surface area contributed by atoms with Gasteiger partial charge >= 0.3 is 0 Å². The maximum absolute atomic E-state index is 13.5. The molecule has 1 aromatic heterocycles. The Labute approximate surface area is 114 Å². The Kier molecular flexibility index (Phi) is 4.21. The summed E-state index contributed by atoms with van der Waals surface area (Å²) >= 11 is 1.26. The molecule has 0 saturated heterocycles. The van der Waals surface area contributed by atoms with E-state index in [4.69, 9.17) is 0 Å². The molecular weight excluding hydrogens is 265 g/mol. The number of benzene rings is 1. The topological polar surface area (TPSA) is 54.9 Å². The number of amides is 1. The summed E-state index contributed by atoms with van der Waals surface area (Å²) in [4.78, 5) is 11.5. The van der Waals surface area contributed by atoms with Crippen molar-refractivity contribution < 1.29 is 9.18 Å². The molecule has 6 heteroatoms. The van der Waals surface area contributed by atoms with Gasteiger partial charge in [-0.1, -0.05) is 43.4 Å². The molecule has 1 heterocycles. The van der Waals surface area contributed by atoms with Gasteiger partial charge in [0.25, 0.3) is 0 Å². The van der Waals surface area contributed by atoms with Gasteiger partial charge in [0.05, 0.1) is 0 Å². The highest BCUT2D eigenvalue weighted by Crippen LogP contribution is 2.20. The van der Waals surface area contributed by atoms with Crippen molar-refractivity contribution >= 4 is 22.4 Å². The number of nitrogens with zero attached hydrogens (tertiary/aromatic N) is 2. The van der Waals surface area contributed by atoms with Crippen LogP contribution in [0.1, 0.15) is 24.4 Å². The van der Waals surface area contributed by atoms with E-state index in [2.05, 4.69) is 15.5 Å². The number of nitrogens with one attached hydrogen (secondary N) is 1.